The lowest BCUT2D eigenvalue weighted by Gasteiger charge is -2.19. The number of carbonyl (C=O) groups is 1. The van der Waals surface area contributed by atoms with Crippen molar-refractivity contribution in [2.75, 3.05) is 18.4 Å². The Morgan fingerprint density at radius 1 is 1.22 bits per heavy atom. The summed E-state index contributed by atoms with van der Waals surface area (Å²) in [5, 5.41) is 11.2. The molecule has 1 fully saturated rings. The van der Waals surface area contributed by atoms with Gasteiger partial charge in [-0.15, -0.1) is 10.2 Å². The number of carbonyl (C=O) groups excluding carboxylic acids is 1. The second-order valence-corrected chi connectivity index (χ2v) is 7.21. The molecule has 1 aromatic carbocycles. The van der Waals surface area contributed by atoms with E-state index in [1.54, 1.807) is 30.5 Å². The number of fused-ring (bicyclic) bond motifs is 1. The third kappa shape index (κ3) is 3.42. The van der Waals surface area contributed by atoms with Crippen LogP contribution in [0.15, 0.2) is 42.6 Å². The van der Waals surface area contributed by atoms with E-state index in [9.17, 15) is 9.18 Å². The van der Waals surface area contributed by atoms with Crippen LogP contribution in [0.5, 0.6) is 0 Å². The molecular formula is C20H22FN5O. The average Bonchev–Trinajstić information content (AvgIpc) is 3.29. The largest absolute Gasteiger partial charge is 0.319 e. The molecule has 1 N–H and O–H groups in total. The molecular weight excluding hydrogens is 345 g/mol. The van der Waals surface area contributed by atoms with Gasteiger partial charge in [0.2, 0.25) is 0 Å². The number of aromatic nitrogens is 3. The van der Waals surface area contributed by atoms with Crippen molar-refractivity contribution in [3.63, 3.8) is 0 Å². The third-order valence-electron chi connectivity index (χ3n) is 5.13. The number of rotatable bonds is 4. The minimum Gasteiger partial charge on any atom is -0.319 e. The van der Waals surface area contributed by atoms with E-state index in [4.69, 9.17) is 0 Å². The van der Waals surface area contributed by atoms with Gasteiger partial charge in [0.1, 0.15) is 11.6 Å². The Hall–Kier alpha value is -2.80. The Kier molecular flexibility index (Phi) is 4.61. The summed E-state index contributed by atoms with van der Waals surface area (Å²) in [6.45, 7) is 6.35. The van der Waals surface area contributed by atoms with Gasteiger partial charge in [-0.05, 0) is 51.1 Å². The summed E-state index contributed by atoms with van der Waals surface area (Å²) in [7, 11) is 0. The zero-order valence-corrected chi connectivity index (χ0v) is 15.4. The first-order valence-electron chi connectivity index (χ1n) is 9.17. The molecule has 1 amide bonds. The van der Waals surface area contributed by atoms with Crippen molar-refractivity contribution in [2.24, 2.45) is 0 Å². The van der Waals surface area contributed by atoms with E-state index in [2.05, 4.69) is 34.3 Å². The predicted octanol–water partition coefficient (Wildman–Crippen LogP) is 3.32. The summed E-state index contributed by atoms with van der Waals surface area (Å²) in [5.74, 6) is 0.328. The van der Waals surface area contributed by atoms with Crippen LogP contribution in [-0.4, -0.2) is 44.5 Å². The van der Waals surface area contributed by atoms with Crippen LogP contribution in [0.3, 0.4) is 0 Å². The fourth-order valence-electron chi connectivity index (χ4n) is 3.55. The summed E-state index contributed by atoms with van der Waals surface area (Å²) in [4.78, 5) is 15.0. The second kappa shape index (κ2) is 7.08. The van der Waals surface area contributed by atoms with Gasteiger partial charge in [0.15, 0.2) is 5.65 Å². The van der Waals surface area contributed by atoms with Crippen LogP contribution >= 0.6 is 0 Å². The number of pyridine rings is 1. The first-order chi connectivity index (χ1) is 13.0. The fraction of sp³-hybridized carbons (Fsp3) is 0.350. The molecule has 1 unspecified atom stereocenters. The molecule has 2 aromatic heterocycles. The highest BCUT2D eigenvalue weighted by Crippen LogP contribution is 2.27. The molecule has 0 saturated carbocycles. The van der Waals surface area contributed by atoms with Crippen molar-refractivity contribution in [1.29, 1.82) is 0 Å². The van der Waals surface area contributed by atoms with Gasteiger partial charge in [-0.2, -0.15) is 0 Å². The monoisotopic (exact) mass is 367 g/mol. The van der Waals surface area contributed by atoms with Crippen LogP contribution < -0.4 is 5.32 Å². The van der Waals surface area contributed by atoms with E-state index >= 15 is 0 Å². The van der Waals surface area contributed by atoms with Crippen molar-refractivity contribution in [2.45, 2.75) is 32.2 Å². The lowest BCUT2D eigenvalue weighted by molar-refractivity contribution is 0.102. The lowest BCUT2D eigenvalue weighted by atomic mass is 10.1. The van der Waals surface area contributed by atoms with E-state index < -0.39 is 5.82 Å². The van der Waals surface area contributed by atoms with Gasteiger partial charge in [-0.1, -0.05) is 12.1 Å². The van der Waals surface area contributed by atoms with Crippen LogP contribution in [0.4, 0.5) is 10.1 Å². The van der Waals surface area contributed by atoms with Crippen LogP contribution in [-0.2, 0) is 0 Å². The van der Waals surface area contributed by atoms with Gasteiger partial charge < -0.3 is 10.2 Å². The summed E-state index contributed by atoms with van der Waals surface area (Å²) in [6.07, 6.45) is 2.75. The summed E-state index contributed by atoms with van der Waals surface area (Å²) >= 11 is 0. The number of hydrogen-bond acceptors (Lipinski definition) is 4. The normalized spacial score (nSPS) is 17.7. The highest BCUT2D eigenvalue weighted by molar-refractivity contribution is 6.04. The van der Waals surface area contributed by atoms with Crippen LogP contribution in [0, 0.1) is 5.82 Å². The van der Waals surface area contributed by atoms with Crippen molar-refractivity contribution < 1.29 is 9.18 Å². The summed E-state index contributed by atoms with van der Waals surface area (Å²) < 4.78 is 15.7. The number of hydrogen-bond donors (Lipinski definition) is 1. The first kappa shape index (κ1) is 17.6. The quantitative estimate of drug-likeness (QED) is 0.768. The molecule has 1 saturated heterocycles. The van der Waals surface area contributed by atoms with E-state index in [-0.39, 0.29) is 17.5 Å². The van der Waals surface area contributed by atoms with Crippen molar-refractivity contribution in [1.82, 2.24) is 19.5 Å². The number of halogens is 1. The number of likely N-dealkylation sites (tertiary alicyclic amines) is 1. The second-order valence-electron chi connectivity index (χ2n) is 7.21. The Bertz CT molecular complexity index is 983. The maximum absolute atomic E-state index is 13.8. The lowest BCUT2D eigenvalue weighted by Crippen LogP contribution is -2.28. The Balaban J connectivity index is 1.60. The third-order valence-corrected chi connectivity index (χ3v) is 5.13. The Morgan fingerprint density at radius 2 is 2.04 bits per heavy atom. The van der Waals surface area contributed by atoms with Crippen LogP contribution in [0.25, 0.3) is 5.65 Å². The summed E-state index contributed by atoms with van der Waals surface area (Å²) in [6, 6.07) is 10.1. The number of nitrogens with zero attached hydrogens (tertiary/aromatic N) is 4. The number of amides is 1. The molecule has 6 nitrogen and oxygen atoms in total. The highest BCUT2D eigenvalue weighted by Gasteiger charge is 2.29. The molecule has 3 heterocycles. The van der Waals surface area contributed by atoms with Crippen molar-refractivity contribution in [3.8, 4) is 0 Å². The molecule has 0 radical (unpaired) electrons. The molecule has 0 bridgehead atoms. The SMILES string of the molecule is CC(C)N1CCC(c2nnc3ccc(C(=O)Nc4ccccc4F)cn23)C1. The molecule has 0 aliphatic carbocycles. The zero-order chi connectivity index (χ0) is 19.0. The van der Waals surface area contributed by atoms with Gasteiger partial charge >= 0.3 is 0 Å². The van der Waals surface area contributed by atoms with E-state index in [0.29, 0.717) is 17.3 Å². The highest BCUT2D eigenvalue weighted by atomic mass is 19.1. The fourth-order valence-corrected chi connectivity index (χ4v) is 3.55. The predicted molar refractivity (Wildman–Crippen MR) is 101 cm³/mol. The topological polar surface area (TPSA) is 62.5 Å². The minimum absolute atomic E-state index is 0.162. The standard InChI is InChI=1S/C20H22FN5O/c1-13(2)25-10-9-14(11-25)19-24-23-18-8-7-15(12-26(18)19)20(27)22-17-6-4-3-5-16(17)21/h3-8,12-14H,9-11H2,1-2H3,(H,22,27). The van der Waals surface area contributed by atoms with Crippen LogP contribution in [0.1, 0.15) is 42.4 Å². The molecule has 4 rings (SSSR count). The van der Waals surface area contributed by atoms with E-state index in [1.807, 2.05) is 4.40 Å². The molecule has 1 atom stereocenters. The molecule has 0 spiro atoms. The van der Waals surface area contributed by atoms with E-state index in [1.165, 1.54) is 12.1 Å². The van der Waals surface area contributed by atoms with Crippen molar-refractivity contribution in [3.05, 3.63) is 59.8 Å². The Morgan fingerprint density at radius 3 is 2.78 bits per heavy atom. The average molecular weight is 367 g/mol. The molecule has 7 heteroatoms. The molecule has 27 heavy (non-hydrogen) atoms. The van der Waals surface area contributed by atoms with Crippen molar-refractivity contribution >= 4 is 17.2 Å². The number of nitrogens with one attached hydrogen (secondary N) is 1. The number of para-hydroxylation sites is 1. The van der Waals surface area contributed by atoms with Gasteiger partial charge in [0.25, 0.3) is 5.91 Å². The number of anilines is 1. The first-order valence-corrected chi connectivity index (χ1v) is 9.17. The minimum atomic E-state index is -0.461. The Labute approximate surface area is 157 Å². The smallest absolute Gasteiger partial charge is 0.257 e. The maximum atomic E-state index is 13.8. The molecule has 1 aliphatic rings. The maximum Gasteiger partial charge on any atom is 0.257 e. The van der Waals surface area contributed by atoms with Crippen LogP contribution in [0.2, 0.25) is 0 Å². The van der Waals surface area contributed by atoms with Gasteiger partial charge in [-0.3, -0.25) is 9.20 Å². The van der Waals surface area contributed by atoms with Gasteiger partial charge in [0, 0.05) is 24.7 Å². The molecule has 3 aromatic rings. The van der Waals surface area contributed by atoms with E-state index in [0.717, 1.165) is 25.3 Å². The number of benzene rings is 1. The zero-order valence-electron chi connectivity index (χ0n) is 15.4. The summed E-state index contributed by atoms with van der Waals surface area (Å²) in [5.41, 5.74) is 1.30. The molecule has 1 aliphatic heterocycles. The van der Waals surface area contributed by atoms with Gasteiger partial charge in [0.05, 0.1) is 11.3 Å². The molecule has 140 valence electrons. The van der Waals surface area contributed by atoms with Gasteiger partial charge in [-0.25, -0.2) is 4.39 Å².